The van der Waals surface area contributed by atoms with Gasteiger partial charge >= 0.3 is 5.97 Å². The zero-order valence-corrected chi connectivity index (χ0v) is 8.19. The van der Waals surface area contributed by atoms with E-state index >= 15 is 0 Å². The van der Waals surface area contributed by atoms with Gasteiger partial charge in [-0.15, -0.1) is 11.6 Å². The Morgan fingerprint density at radius 3 is 2.08 bits per heavy atom. The van der Waals surface area contributed by atoms with E-state index in [1.54, 1.807) is 6.92 Å². The monoisotopic (exact) mass is 199 g/mol. The molecule has 0 spiro atoms. The van der Waals surface area contributed by atoms with Crippen LogP contribution in [-0.4, -0.2) is 18.5 Å². The Hall–Kier alpha value is -0.620. The molecular formula is C6H18ClN3O2. The maximum atomic E-state index is 10.5. The van der Waals surface area contributed by atoms with Crippen molar-refractivity contribution in [2.75, 3.05) is 12.5 Å². The van der Waals surface area contributed by atoms with Gasteiger partial charge in [-0.05, 0) is 6.92 Å². The number of hydrogen-bond donors (Lipinski definition) is 3. The molecule has 12 heavy (non-hydrogen) atoms. The zero-order valence-electron chi connectivity index (χ0n) is 7.44. The molecule has 0 bridgehead atoms. The lowest BCUT2D eigenvalue weighted by molar-refractivity contribution is -0.138. The van der Waals surface area contributed by atoms with Crippen LogP contribution in [0.15, 0.2) is 12.2 Å². The van der Waals surface area contributed by atoms with Crippen molar-refractivity contribution in [2.45, 2.75) is 6.92 Å². The fourth-order valence-corrected chi connectivity index (χ4v) is 0.332. The van der Waals surface area contributed by atoms with E-state index in [4.69, 9.17) is 11.6 Å². The maximum absolute atomic E-state index is 10.5. The Morgan fingerprint density at radius 1 is 1.42 bits per heavy atom. The van der Waals surface area contributed by atoms with Crippen LogP contribution in [0.25, 0.3) is 0 Å². The van der Waals surface area contributed by atoms with Crippen molar-refractivity contribution < 1.29 is 9.53 Å². The average Bonchev–Trinajstić information content (AvgIpc) is 1.82. The molecule has 0 aromatic heterocycles. The second-order valence-corrected chi connectivity index (χ2v) is 1.98. The van der Waals surface area contributed by atoms with Crippen molar-refractivity contribution in [3.63, 3.8) is 0 Å². The third kappa shape index (κ3) is 12.1. The number of ether oxygens (including phenoxy) is 1. The van der Waals surface area contributed by atoms with E-state index in [2.05, 4.69) is 11.3 Å². The predicted molar refractivity (Wildman–Crippen MR) is 51.6 cm³/mol. The van der Waals surface area contributed by atoms with Gasteiger partial charge < -0.3 is 23.2 Å². The molecule has 0 aliphatic heterocycles. The van der Waals surface area contributed by atoms with Gasteiger partial charge in [-0.25, -0.2) is 4.79 Å². The fraction of sp³-hybridized carbons (Fsp3) is 0.500. The second kappa shape index (κ2) is 13.0. The van der Waals surface area contributed by atoms with Crippen LogP contribution in [0.3, 0.4) is 0 Å². The van der Waals surface area contributed by atoms with Gasteiger partial charge in [0, 0.05) is 5.57 Å². The highest BCUT2D eigenvalue weighted by atomic mass is 35.5. The lowest BCUT2D eigenvalue weighted by atomic mass is 10.4. The van der Waals surface area contributed by atoms with Crippen LogP contribution in [0.2, 0.25) is 0 Å². The van der Waals surface area contributed by atoms with Gasteiger partial charge in [0.05, 0.1) is 5.88 Å². The Labute approximate surface area is 77.9 Å². The van der Waals surface area contributed by atoms with Crippen molar-refractivity contribution in [2.24, 2.45) is 0 Å². The van der Waals surface area contributed by atoms with Gasteiger partial charge in [0.25, 0.3) is 0 Å². The Bertz CT molecular complexity index is 130. The number of hydrogen-bond acceptors (Lipinski definition) is 5. The van der Waals surface area contributed by atoms with Crippen molar-refractivity contribution in [3.8, 4) is 0 Å². The van der Waals surface area contributed by atoms with Crippen molar-refractivity contribution in [3.05, 3.63) is 12.2 Å². The molecule has 6 heteroatoms. The molecule has 0 aliphatic carbocycles. The van der Waals surface area contributed by atoms with E-state index in [0.29, 0.717) is 11.5 Å². The number of rotatable bonds is 3. The Morgan fingerprint density at radius 2 is 1.83 bits per heavy atom. The van der Waals surface area contributed by atoms with E-state index in [1.165, 1.54) is 0 Å². The molecule has 0 rings (SSSR count). The molecule has 0 heterocycles. The first-order valence-electron chi connectivity index (χ1n) is 2.57. The van der Waals surface area contributed by atoms with E-state index in [-0.39, 0.29) is 31.0 Å². The van der Waals surface area contributed by atoms with Gasteiger partial charge in [-0.3, -0.25) is 0 Å². The molecule has 0 amide bonds. The van der Waals surface area contributed by atoms with E-state index in [9.17, 15) is 4.79 Å². The quantitative estimate of drug-likeness (QED) is 0.362. The lowest BCUT2D eigenvalue weighted by Gasteiger charge is -1.98. The average molecular weight is 200 g/mol. The maximum Gasteiger partial charge on any atom is 0.333 e. The standard InChI is InChI=1S/C6H9ClO2.3H3N/c1-5(2)6(8)9-4-3-7;;;/h1,3-4H2,2H3;3*1H3. The van der Waals surface area contributed by atoms with Gasteiger partial charge in [0.1, 0.15) is 6.61 Å². The first-order chi connectivity index (χ1) is 4.18. The van der Waals surface area contributed by atoms with Gasteiger partial charge in [0.2, 0.25) is 0 Å². The van der Waals surface area contributed by atoms with Crippen molar-refractivity contribution in [1.29, 1.82) is 0 Å². The highest BCUT2D eigenvalue weighted by molar-refractivity contribution is 6.18. The minimum atomic E-state index is -0.379. The molecule has 76 valence electrons. The van der Waals surface area contributed by atoms with Crippen molar-refractivity contribution in [1.82, 2.24) is 18.5 Å². The SMILES string of the molecule is C=C(C)C(=O)OCCCl.N.N.N. The lowest BCUT2D eigenvalue weighted by Crippen LogP contribution is -2.06. The zero-order chi connectivity index (χ0) is 7.28. The summed E-state index contributed by atoms with van der Waals surface area (Å²) in [5.74, 6) is -0.0467. The number of halogens is 1. The smallest absolute Gasteiger partial charge is 0.333 e. The number of carbonyl (C=O) groups excluding carboxylic acids is 1. The van der Waals surface area contributed by atoms with Crippen LogP contribution in [0.1, 0.15) is 6.92 Å². The topological polar surface area (TPSA) is 131 Å². The third-order valence-electron chi connectivity index (χ3n) is 0.659. The molecule has 0 aromatic rings. The minimum Gasteiger partial charge on any atom is -0.461 e. The number of esters is 1. The van der Waals surface area contributed by atoms with Crippen LogP contribution in [0, 0.1) is 0 Å². The molecule has 0 unspecified atom stereocenters. The Balaban J connectivity index is -0.000000107. The summed E-state index contributed by atoms with van der Waals surface area (Å²) in [5.41, 5.74) is 0.403. The Kier molecular flexibility index (Phi) is 24.4. The predicted octanol–water partition coefficient (Wildman–Crippen LogP) is 1.83. The summed E-state index contributed by atoms with van der Waals surface area (Å²) in [4.78, 5) is 10.5. The van der Waals surface area contributed by atoms with Crippen LogP contribution >= 0.6 is 11.6 Å². The highest BCUT2D eigenvalue weighted by Crippen LogP contribution is 1.91. The second-order valence-electron chi connectivity index (χ2n) is 1.61. The summed E-state index contributed by atoms with van der Waals surface area (Å²) in [5, 5.41) is 0. The van der Waals surface area contributed by atoms with Gasteiger partial charge in [-0.1, -0.05) is 6.58 Å². The minimum absolute atomic E-state index is 0. The molecule has 0 atom stereocenters. The highest BCUT2D eigenvalue weighted by Gasteiger charge is 1.99. The van der Waals surface area contributed by atoms with E-state index < -0.39 is 0 Å². The van der Waals surface area contributed by atoms with Crippen LogP contribution in [-0.2, 0) is 9.53 Å². The molecule has 0 saturated carbocycles. The van der Waals surface area contributed by atoms with Crippen LogP contribution in [0.4, 0.5) is 0 Å². The van der Waals surface area contributed by atoms with Gasteiger partial charge in [-0.2, -0.15) is 0 Å². The summed E-state index contributed by atoms with van der Waals surface area (Å²) >= 11 is 5.24. The van der Waals surface area contributed by atoms with E-state index in [1.807, 2.05) is 0 Å². The number of carbonyl (C=O) groups is 1. The number of alkyl halides is 1. The summed E-state index contributed by atoms with van der Waals surface area (Å²) in [6.45, 7) is 5.24. The summed E-state index contributed by atoms with van der Waals surface area (Å²) in [7, 11) is 0. The van der Waals surface area contributed by atoms with Gasteiger partial charge in [0.15, 0.2) is 0 Å². The summed E-state index contributed by atoms with van der Waals surface area (Å²) in [6, 6.07) is 0. The molecule has 0 aliphatic rings. The third-order valence-corrected chi connectivity index (χ3v) is 0.813. The molecule has 0 radical (unpaired) electrons. The first-order valence-corrected chi connectivity index (χ1v) is 3.10. The molecule has 0 aromatic carbocycles. The molecular weight excluding hydrogens is 182 g/mol. The first kappa shape index (κ1) is 22.5. The fourth-order valence-electron chi connectivity index (χ4n) is 0.254. The van der Waals surface area contributed by atoms with E-state index in [0.717, 1.165) is 0 Å². The summed E-state index contributed by atoms with van der Waals surface area (Å²) < 4.78 is 4.58. The largest absolute Gasteiger partial charge is 0.461 e. The van der Waals surface area contributed by atoms with Crippen LogP contribution in [0.5, 0.6) is 0 Å². The van der Waals surface area contributed by atoms with Crippen LogP contribution < -0.4 is 18.5 Å². The normalized spacial score (nSPS) is 6.50. The molecule has 5 nitrogen and oxygen atoms in total. The molecule has 0 fully saturated rings. The summed E-state index contributed by atoms with van der Waals surface area (Å²) in [6.07, 6.45) is 0. The molecule has 9 N–H and O–H groups in total. The van der Waals surface area contributed by atoms with Crippen molar-refractivity contribution >= 4 is 17.6 Å². The molecule has 0 saturated heterocycles.